The molecule has 0 aromatic carbocycles. The summed E-state index contributed by atoms with van der Waals surface area (Å²) in [5.74, 6) is 2.08. The van der Waals surface area contributed by atoms with Gasteiger partial charge in [0.1, 0.15) is 26.6 Å². The first-order chi connectivity index (χ1) is 9.17. The first-order valence-electron chi connectivity index (χ1n) is 6.66. The Kier molecular flexibility index (Phi) is 4.25. The Labute approximate surface area is 125 Å². The van der Waals surface area contributed by atoms with Crippen LogP contribution < -0.4 is 4.90 Å². The Morgan fingerprint density at radius 3 is 2.60 bits per heavy atom. The van der Waals surface area contributed by atoms with Gasteiger partial charge in [0.2, 0.25) is 0 Å². The van der Waals surface area contributed by atoms with E-state index in [9.17, 15) is 8.42 Å². The third-order valence-electron chi connectivity index (χ3n) is 3.63. The Balaban J connectivity index is 2.15. The maximum Gasteiger partial charge on any atom is 0.147 e. The number of hydrogen-bond acceptors (Lipinski definition) is 5. The molecule has 0 spiro atoms. The molecule has 0 aliphatic carbocycles. The molecule has 5 nitrogen and oxygen atoms in total. The van der Waals surface area contributed by atoms with Crippen LogP contribution in [0.2, 0.25) is 5.15 Å². The average Bonchev–Trinajstić information content (AvgIpc) is 2.31. The van der Waals surface area contributed by atoms with Gasteiger partial charge in [0.15, 0.2) is 0 Å². The zero-order chi connectivity index (χ0) is 15.1. The summed E-state index contributed by atoms with van der Waals surface area (Å²) < 4.78 is 22.7. The van der Waals surface area contributed by atoms with Crippen LogP contribution in [0.5, 0.6) is 0 Å². The van der Waals surface area contributed by atoms with E-state index >= 15 is 0 Å². The molecular weight excluding hydrogens is 298 g/mol. The third-order valence-corrected chi connectivity index (χ3v) is 4.86. The minimum Gasteiger partial charge on any atom is -0.353 e. The predicted molar refractivity (Wildman–Crippen MR) is 81.1 cm³/mol. The molecule has 0 saturated carbocycles. The standard InChI is InChI=1S/C13H20ClN3O2S/c1-8(2)13-15-11(14)5-12(16-13)17-6-10(9(17)3)7-20(4,18)19/h5,8-10H,6-7H2,1-4H3/t9-,10-/m1/s1. The molecule has 0 amide bonds. The molecule has 1 aromatic heterocycles. The quantitative estimate of drug-likeness (QED) is 0.796. The van der Waals surface area contributed by atoms with Crippen LogP contribution >= 0.6 is 11.6 Å². The van der Waals surface area contributed by atoms with E-state index in [1.165, 1.54) is 6.26 Å². The van der Waals surface area contributed by atoms with Crippen LogP contribution in [0.4, 0.5) is 5.82 Å². The molecule has 112 valence electrons. The van der Waals surface area contributed by atoms with Gasteiger partial charge in [0.05, 0.1) is 5.75 Å². The highest BCUT2D eigenvalue weighted by Gasteiger charge is 2.38. The molecule has 1 aliphatic heterocycles. The summed E-state index contributed by atoms with van der Waals surface area (Å²) in [6.45, 7) is 6.74. The number of aromatic nitrogens is 2. The van der Waals surface area contributed by atoms with Crippen LogP contribution in [0, 0.1) is 5.92 Å². The molecule has 0 radical (unpaired) electrons. The van der Waals surface area contributed by atoms with Gasteiger partial charge in [-0.2, -0.15) is 0 Å². The molecule has 1 saturated heterocycles. The van der Waals surface area contributed by atoms with Crippen molar-refractivity contribution in [2.45, 2.75) is 32.7 Å². The molecule has 1 fully saturated rings. The summed E-state index contributed by atoms with van der Waals surface area (Å²) in [7, 11) is -2.94. The number of rotatable bonds is 4. The van der Waals surface area contributed by atoms with Crippen molar-refractivity contribution < 1.29 is 8.42 Å². The fourth-order valence-electron chi connectivity index (χ4n) is 2.40. The lowest BCUT2D eigenvalue weighted by Gasteiger charge is -2.47. The van der Waals surface area contributed by atoms with E-state index in [4.69, 9.17) is 11.6 Å². The largest absolute Gasteiger partial charge is 0.353 e. The van der Waals surface area contributed by atoms with Gasteiger partial charge in [-0.3, -0.25) is 0 Å². The van der Waals surface area contributed by atoms with Crippen molar-refractivity contribution in [3.63, 3.8) is 0 Å². The first-order valence-corrected chi connectivity index (χ1v) is 9.10. The lowest BCUT2D eigenvalue weighted by molar-refractivity contribution is 0.337. The second kappa shape index (κ2) is 5.48. The second-order valence-electron chi connectivity index (χ2n) is 5.81. The fourth-order valence-corrected chi connectivity index (χ4v) is 3.75. The van der Waals surface area contributed by atoms with Crippen molar-refractivity contribution in [3.05, 3.63) is 17.0 Å². The van der Waals surface area contributed by atoms with Crippen LogP contribution in [-0.4, -0.2) is 43.0 Å². The van der Waals surface area contributed by atoms with E-state index < -0.39 is 9.84 Å². The topological polar surface area (TPSA) is 63.2 Å². The molecule has 0 N–H and O–H groups in total. The second-order valence-corrected chi connectivity index (χ2v) is 8.38. The van der Waals surface area contributed by atoms with Crippen molar-refractivity contribution in [2.24, 2.45) is 5.92 Å². The van der Waals surface area contributed by atoms with Crippen molar-refractivity contribution in [3.8, 4) is 0 Å². The molecule has 7 heteroatoms. The molecule has 2 rings (SSSR count). The Bertz CT molecular complexity index is 604. The van der Waals surface area contributed by atoms with Crippen molar-refractivity contribution >= 4 is 27.3 Å². The summed E-state index contributed by atoms with van der Waals surface area (Å²) >= 11 is 6.04. The molecular formula is C13H20ClN3O2S. The molecule has 0 unspecified atom stereocenters. The normalized spacial score (nSPS) is 23.0. The van der Waals surface area contributed by atoms with Gasteiger partial charge in [-0.15, -0.1) is 0 Å². The van der Waals surface area contributed by atoms with Gasteiger partial charge in [0, 0.05) is 36.7 Å². The number of halogens is 1. The summed E-state index contributed by atoms with van der Waals surface area (Å²) in [6, 6.07) is 1.89. The van der Waals surface area contributed by atoms with Gasteiger partial charge in [-0.25, -0.2) is 18.4 Å². The summed E-state index contributed by atoms with van der Waals surface area (Å²) in [4.78, 5) is 10.8. The molecule has 1 aromatic rings. The van der Waals surface area contributed by atoms with Crippen molar-refractivity contribution in [1.29, 1.82) is 0 Å². The minimum atomic E-state index is -2.94. The SMILES string of the molecule is CC(C)c1nc(Cl)cc(N2C[C@H](CS(C)(=O)=O)[C@H]2C)n1. The number of anilines is 1. The highest BCUT2D eigenvalue weighted by molar-refractivity contribution is 7.90. The highest BCUT2D eigenvalue weighted by Crippen LogP contribution is 2.32. The lowest BCUT2D eigenvalue weighted by Crippen LogP contribution is -2.57. The molecule has 1 aliphatic rings. The number of hydrogen-bond donors (Lipinski definition) is 0. The highest BCUT2D eigenvalue weighted by atomic mass is 35.5. The van der Waals surface area contributed by atoms with Crippen LogP contribution in [0.25, 0.3) is 0 Å². The first kappa shape index (κ1) is 15.5. The predicted octanol–water partition coefficient (Wildman–Crippen LogP) is 2.12. The Morgan fingerprint density at radius 2 is 2.10 bits per heavy atom. The van der Waals surface area contributed by atoms with Gasteiger partial charge in [-0.05, 0) is 6.92 Å². The van der Waals surface area contributed by atoms with Gasteiger partial charge < -0.3 is 4.90 Å². The summed E-state index contributed by atoms with van der Waals surface area (Å²) in [6.07, 6.45) is 1.28. The third kappa shape index (κ3) is 3.41. The number of sulfone groups is 1. The average molecular weight is 318 g/mol. The van der Waals surface area contributed by atoms with E-state index in [1.54, 1.807) is 6.07 Å². The van der Waals surface area contributed by atoms with Crippen molar-refractivity contribution in [2.75, 3.05) is 23.5 Å². The van der Waals surface area contributed by atoms with E-state index in [1.807, 2.05) is 20.8 Å². The summed E-state index contributed by atoms with van der Waals surface area (Å²) in [5.41, 5.74) is 0. The molecule has 0 bridgehead atoms. The Morgan fingerprint density at radius 1 is 1.45 bits per heavy atom. The molecule has 2 heterocycles. The van der Waals surface area contributed by atoms with Crippen LogP contribution in [0.3, 0.4) is 0 Å². The maximum atomic E-state index is 11.4. The lowest BCUT2D eigenvalue weighted by atomic mass is 9.92. The smallest absolute Gasteiger partial charge is 0.147 e. The fraction of sp³-hybridized carbons (Fsp3) is 0.692. The van der Waals surface area contributed by atoms with Gasteiger partial charge >= 0.3 is 0 Å². The van der Waals surface area contributed by atoms with Crippen LogP contribution in [0.1, 0.15) is 32.5 Å². The zero-order valence-electron chi connectivity index (χ0n) is 12.2. The molecule has 20 heavy (non-hydrogen) atoms. The van der Waals surface area contributed by atoms with E-state index in [0.29, 0.717) is 17.5 Å². The monoisotopic (exact) mass is 317 g/mol. The zero-order valence-corrected chi connectivity index (χ0v) is 13.7. The Hall–Kier alpha value is -0.880. The summed E-state index contributed by atoms with van der Waals surface area (Å²) in [5, 5.41) is 0.428. The van der Waals surface area contributed by atoms with Gasteiger partial charge in [-0.1, -0.05) is 25.4 Å². The van der Waals surface area contributed by atoms with E-state index in [2.05, 4.69) is 14.9 Å². The minimum absolute atomic E-state index is 0.149. The van der Waals surface area contributed by atoms with E-state index in [-0.39, 0.29) is 23.6 Å². The van der Waals surface area contributed by atoms with Crippen LogP contribution in [-0.2, 0) is 9.84 Å². The number of nitrogens with zero attached hydrogens (tertiary/aromatic N) is 3. The van der Waals surface area contributed by atoms with Crippen molar-refractivity contribution in [1.82, 2.24) is 9.97 Å². The van der Waals surface area contributed by atoms with Gasteiger partial charge in [0.25, 0.3) is 0 Å². The van der Waals surface area contributed by atoms with Crippen LogP contribution in [0.15, 0.2) is 6.07 Å². The molecule has 2 atom stereocenters. The van der Waals surface area contributed by atoms with E-state index in [0.717, 1.165) is 5.82 Å². The maximum absolute atomic E-state index is 11.4.